The molecule has 1 unspecified atom stereocenters. The lowest BCUT2D eigenvalue weighted by Gasteiger charge is -2.34. The molecule has 1 saturated heterocycles. The third kappa shape index (κ3) is 5.92. The molecule has 2 amide bonds. The maximum Gasteiger partial charge on any atom is 0.251 e. The molecular formula is C26H31FN6O2. The average molecular weight is 479 g/mol. The molecule has 1 aliphatic heterocycles. The minimum Gasteiger partial charge on any atom is -0.341 e. The predicted octanol–water partition coefficient (Wildman–Crippen LogP) is 3.45. The lowest BCUT2D eigenvalue weighted by Crippen LogP contribution is -2.58. The molecule has 184 valence electrons. The number of nitrogens with zero attached hydrogens (tertiary/aromatic N) is 4. The Bertz CT molecular complexity index is 1180. The zero-order chi connectivity index (χ0) is 25.0. The number of nitrogens with one attached hydrogen (secondary N) is 2. The molecule has 35 heavy (non-hydrogen) atoms. The number of hydrogen-bond donors (Lipinski definition) is 2. The number of benzene rings is 2. The summed E-state index contributed by atoms with van der Waals surface area (Å²) in [7, 11) is 1.93. The van der Waals surface area contributed by atoms with E-state index in [0.717, 1.165) is 31.4 Å². The normalized spacial score (nSPS) is 16.6. The van der Waals surface area contributed by atoms with Crippen LogP contribution in [0.3, 0.4) is 0 Å². The van der Waals surface area contributed by atoms with E-state index in [1.165, 1.54) is 12.1 Å². The molecule has 1 aromatic heterocycles. The van der Waals surface area contributed by atoms with Gasteiger partial charge in [0.25, 0.3) is 5.91 Å². The Kier molecular flexibility index (Phi) is 7.25. The van der Waals surface area contributed by atoms with E-state index in [-0.39, 0.29) is 23.7 Å². The van der Waals surface area contributed by atoms with E-state index in [1.54, 1.807) is 30.7 Å². The number of anilines is 1. The average Bonchev–Trinajstić information content (AvgIpc) is 3.22. The van der Waals surface area contributed by atoms with Crippen LogP contribution in [-0.4, -0.2) is 56.7 Å². The van der Waals surface area contributed by atoms with Crippen LogP contribution in [0.15, 0.2) is 54.6 Å². The number of halogens is 1. The zero-order valence-electron chi connectivity index (χ0n) is 20.3. The van der Waals surface area contributed by atoms with Gasteiger partial charge in [-0.3, -0.25) is 19.8 Å². The van der Waals surface area contributed by atoms with Crippen LogP contribution >= 0.6 is 0 Å². The van der Waals surface area contributed by atoms with Crippen molar-refractivity contribution in [2.24, 2.45) is 0 Å². The van der Waals surface area contributed by atoms with Gasteiger partial charge in [-0.05, 0) is 70.1 Å². The second-order valence-corrected chi connectivity index (χ2v) is 9.47. The summed E-state index contributed by atoms with van der Waals surface area (Å²) in [6.07, 6.45) is 2.83. The van der Waals surface area contributed by atoms with Gasteiger partial charge >= 0.3 is 0 Å². The van der Waals surface area contributed by atoms with E-state index in [2.05, 4.69) is 20.7 Å². The highest BCUT2D eigenvalue weighted by Crippen LogP contribution is 2.22. The third-order valence-corrected chi connectivity index (χ3v) is 6.25. The standard InChI is InChI=1S/C26H31FN6O2/c1-26(2,30-23(34)21-11-7-8-16-32(21)3)24(35)29-25-28-22(19-12-14-20(27)15-13-19)33(31-25)17-18-9-5-4-6-10-18/h4-6,9-10,12-15,21H,7-8,11,16-17H2,1-3H3,(H,30,34)(H,29,31,35). The van der Waals surface area contributed by atoms with Gasteiger partial charge in [-0.25, -0.2) is 9.07 Å². The highest BCUT2D eigenvalue weighted by Gasteiger charge is 2.35. The van der Waals surface area contributed by atoms with Gasteiger partial charge in [0.15, 0.2) is 5.82 Å². The molecule has 2 aromatic carbocycles. The first-order valence-electron chi connectivity index (χ1n) is 11.8. The molecule has 1 fully saturated rings. The molecular weight excluding hydrogens is 447 g/mol. The summed E-state index contributed by atoms with van der Waals surface area (Å²) in [4.78, 5) is 32.5. The van der Waals surface area contributed by atoms with Crippen molar-refractivity contribution < 1.29 is 14.0 Å². The first kappa shape index (κ1) is 24.5. The minimum absolute atomic E-state index is 0.113. The molecule has 0 saturated carbocycles. The fourth-order valence-electron chi connectivity index (χ4n) is 4.19. The molecule has 9 heteroatoms. The minimum atomic E-state index is -1.17. The summed E-state index contributed by atoms with van der Waals surface area (Å²) >= 11 is 0. The Morgan fingerprint density at radius 2 is 1.80 bits per heavy atom. The Morgan fingerprint density at radius 3 is 2.49 bits per heavy atom. The topological polar surface area (TPSA) is 92.2 Å². The monoisotopic (exact) mass is 478 g/mol. The van der Waals surface area contributed by atoms with Gasteiger partial charge in [0.05, 0.1) is 12.6 Å². The SMILES string of the molecule is CN1CCCCC1C(=O)NC(C)(C)C(=O)Nc1nc(-c2ccc(F)cc2)n(Cc2ccccc2)n1. The number of rotatable bonds is 7. The first-order chi connectivity index (χ1) is 16.7. The highest BCUT2D eigenvalue weighted by molar-refractivity contribution is 5.99. The Balaban J connectivity index is 1.53. The van der Waals surface area contributed by atoms with Gasteiger partial charge in [0, 0.05) is 5.56 Å². The van der Waals surface area contributed by atoms with Crippen molar-refractivity contribution >= 4 is 17.8 Å². The number of aromatic nitrogens is 3. The second-order valence-electron chi connectivity index (χ2n) is 9.47. The fourth-order valence-corrected chi connectivity index (χ4v) is 4.19. The largest absolute Gasteiger partial charge is 0.341 e. The Hall–Kier alpha value is -3.59. The molecule has 1 atom stereocenters. The number of carbonyl (C=O) groups is 2. The molecule has 0 aliphatic carbocycles. The quantitative estimate of drug-likeness (QED) is 0.543. The number of amides is 2. The van der Waals surface area contributed by atoms with Gasteiger partial charge in [-0.1, -0.05) is 36.8 Å². The van der Waals surface area contributed by atoms with Crippen LogP contribution in [0, 0.1) is 5.82 Å². The summed E-state index contributed by atoms with van der Waals surface area (Å²) in [6, 6.07) is 15.4. The van der Waals surface area contributed by atoms with Crippen LogP contribution in [0.25, 0.3) is 11.4 Å². The number of likely N-dealkylation sites (tertiary alicyclic amines) is 1. The van der Waals surface area contributed by atoms with E-state index in [0.29, 0.717) is 17.9 Å². The number of carbonyl (C=O) groups excluding carboxylic acids is 2. The molecule has 3 aromatic rings. The zero-order valence-corrected chi connectivity index (χ0v) is 20.3. The van der Waals surface area contributed by atoms with Gasteiger partial charge in [-0.2, -0.15) is 4.98 Å². The van der Waals surface area contributed by atoms with E-state index < -0.39 is 11.4 Å². The third-order valence-electron chi connectivity index (χ3n) is 6.25. The van der Waals surface area contributed by atoms with E-state index in [9.17, 15) is 14.0 Å². The van der Waals surface area contributed by atoms with Gasteiger partial charge in [0.1, 0.15) is 11.4 Å². The molecule has 2 N–H and O–H groups in total. The van der Waals surface area contributed by atoms with Gasteiger partial charge < -0.3 is 5.32 Å². The molecule has 4 rings (SSSR count). The Labute approximate surface area is 204 Å². The van der Waals surface area contributed by atoms with Crippen LogP contribution in [-0.2, 0) is 16.1 Å². The van der Waals surface area contributed by atoms with Crippen molar-refractivity contribution in [3.8, 4) is 11.4 Å². The smallest absolute Gasteiger partial charge is 0.251 e. The number of piperidine rings is 1. The summed E-state index contributed by atoms with van der Waals surface area (Å²) in [5.41, 5.74) is 0.502. The lowest BCUT2D eigenvalue weighted by molar-refractivity contribution is -0.133. The first-order valence-corrected chi connectivity index (χ1v) is 11.8. The van der Waals surface area contributed by atoms with Crippen LogP contribution < -0.4 is 10.6 Å². The molecule has 1 aliphatic rings. The van der Waals surface area contributed by atoms with Crippen molar-refractivity contribution in [3.63, 3.8) is 0 Å². The molecule has 0 bridgehead atoms. The lowest BCUT2D eigenvalue weighted by atomic mass is 9.99. The van der Waals surface area contributed by atoms with Gasteiger partial charge in [-0.15, -0.1) is 5.10 Å². The number of likely N-dealkylation sites (N-methyl/N-ethyl adjacent to an activating group) is 1. The van der Waals surface area contributed by atoms with Crippen LogP contribution in [0.5, 0.6) is 0 Å². The van der Waals surface area contributed by atoms with Crippen LogP contribution in [0.1, 0.15) is 38.7 Å². The van der Waals surface area contributed by atoms with Crippen molar-refractivity contribution in [1.82, 2.24) is 25.0 Å². The van der Waals surface area contributed by atoms with E-state index in [4.69, 9.17) is 0 Å². The summed E-state index contributed by atoms with van der Waals surface area (Å²) in [5.74, 6) is -0.330. The van der Waals surface area contributed by atoms with Crippen molar-refractivity contribution in [2.75, 3.05) is 18.9 Å². The predicted molar refractivity (Wildman–Crippen MR) is 132 cm³/mol. The van der Waals surface area contributed by atoms with Crippen molar-refractivity contribution in [2.45, 2.75) is 51.2 Å². The maximum absolute atomic E-state index is 13.5. The summed E-state index contributed by atoms with van der Waals surface area (Å²) < 4.78 is 15.2. The fraction of sp³-hybridized carbons (Fsp3) is 0.385. The summed E-state index contributed by atoms with van der Waals surface area (Å²) in [6.45, 7) is 4.60. The molecule has 2 heterocycles. The van der Waals surface area contributed by atoms with Crippen molar-refractivity contribution in [3.05, 3.63) is 66.0 Å². The maximum atomic E-state index is 13.5. The van der Waals surface area contributed by atoms with Crippen LogP contribution in [0.4, 0.5) is 10.3 Å². The molecule has 0 spiro atoms. The van der Waals surface area contributed by atoms with Gasteiger partial charge in [0.2, 0.25) is 11.9 Å². The molecule has 0 radical (unpaired) electrons. The van der Waals surface area contributed by atoms with E-state index >= 15 is 0 Å². The second kappa shape index (κ2) is 10.4. The van der Waals surface area contributed by atoms with Crippen LogP contribution in [0.2, 0.25) is 0 Å². The van der Waals surface area contributed by atoms with Crippen molar-refractivity contribution in [1.29, 1.82) is 0 Å². The molecule has 8 nitrogen and oxygen atoms in total. The Morgan fingerprint density at radius 1 is 1.09 bits per heavy atom. The summed E-state index contributed by atoms with van der Waals surface area (Å²) in [5, 5.41) is 10.1. The number of hydrogen-bond acceptors (Lipinski definition) is 5. The van der Waals surface area contributed by atoms with E-state index in [1.807, 2.05) is 42.3 Å². The highest BCUT2D eigenvalue weighted by atomic mass is 19.1.